The van der Waals surface area contributed by atoms with E-state index in [1.165, 1.54) is 5.32 Å². The Bertz CT molecular complexity index is 1110. The molecule has 210 valence electrons. The molecule has 2 aliphatic rings. The lowest BCUT2D eigenvalue weighted by Crippen LogP contribution is -2.66. The van der Waals surface area contributed by atoms with Crippen LogP contribution < -0.4 is 14.8 Å². The van der Waals surface area contributed by atoms with Gasteiger partial charge in [0.15, 0.2) is 17.1 Å². The summed E-state index contributed by atoms with van der Waals surface area (Å²) in [6, 6.07) is 0. The Labute approximate surface area is 201 Å². The van der Waals surface area contributed by atoms with Gasteiger partial charge in [-0.05, 0) is 0 Å². The van der Waals surface area contributed by atoms with Gasteiger partial charge in [-0.2, -0.15) is 0 Å². The fourth-order valence-corrected chi connectivity index (χ4v) is 3.80. The Morgan fingerprint density at radius 3 is 1.57 bits per heavy atom. The summed E-state index contributed by atoms with van der Waals surface area (Å²) >= 11 is 0. The topological polar surface area (TPSA) is 391 Å². The van der Waals surface area contributed by atoms with Gasteiger partial charge in [-0.1, -0.05) is 0 Å². The van der Waals surface area contributed by atoms with Crippen LogP contribution in [-0.4, -0.2) is 134 Å². The van der Waals surface area contributed by atoms with Crippen molar-refractivity contribution in [3.8, 4) is 28.7 Å². The maximum absolute atomic E-state index is 11.7. The van der Waals surface area contributed by atoms with Gasteiger partial charge in [0, 0.05) is 0 Å². The Kier molecular flexibility index (Phi) is 5.89. The van der Waals surface area contributed by atoms with Crippen molar-refractivity contribution in [3.63, 3.8) is 0 Å². The molecular weight excluding hydrogens is 526 g/mol. The number of carbonyl (C=O) groups is 1. The normalized spacial score (nSPS) is 27.7. The molecule has 1 aromatic rings. The number of ether oxygens (including phenoxy) is 2. The number of phenols is 3. The summed E-state index contributed by atoms with van der Waals surface area (Å²) in [4.78, 5) is 11.7. The van der Waals surface area contributed by atoms with Crippen LogP contribution in [0.1, 0.15) is 12.0 Å². The number of hydrogen-bond acceptors (Lipinski definition) is 20. The number of nitrogens with one attached hydrogen (secondary N) is 1. The quantitative estimate of drug-likeness (QED) is 0.0923. The summed E-state index contributed by atoms with van der Waals surface area (Å²) in [5.41, 5.74) is -5.26. The second-order valence-electron chi connectivity index (χ2n) is 8.31. The minimum absolute atomic E-state index is 1.37. The second-order valence-corrected chi connectivity index (χ2v) is 8.31. The first kappa shape index (κ1) is 28.7. The number of rotatable bonds is 5. The fourth-order valence-electron chi connectivity index (χ4n) is 3.80. The Balaban J connectivity index is 2.36. The third-order valence-corrected chi connectivity index (χ3v) is 5.77. The van der Waals surface area contributed by atoms with E-state index in [4.69, 9.17) is 15.3 Å². The molecule has 1 amide bonds. The molecule has 1 unspecified atom stereocenters. The lowest BCUT2D eigenvalue weighted by molar-refractivity contribution is -0.452. The third-order valence-electron chi connectivity index (χ3n) is 5.77. The van der Waals surface area contributed by atoms with E-state index in [0.717, 1.165) is 0 Å². The largest absolute Gasteiger partial charge is 0.504 e. The molecule has 0 spiro atoms. The van der Waals surface area contributed by atoms with E-state index in [1.54, 1.807) is 0 Å². The van der Waals surface area contributed by atoms with Crippen molar-refractivity contribution in [2.45, 2.75) is 53.3 Å². The predicted molar refractivity (Wildman–Crippen MR) is 98.4 cm³/mol. The van der Waals surface area contributed by atoms with Crippen molar-refractivity contribution in [3.05, 3.63) is 5.56 Å². The van der Waals surface area contributed by atoms with Crippen molar-refractivity contribution >= 4 is 5.91 Å². The van der Waals surface area contributed by atoms with Crippen LogP contribution >= 0.6 is 0 Å². The highest BCUT2D eigenvalue weighted by Crippen LogP contribution is 2.60. The molecule has 37 heavy (non-hydrogen) atoms. The van der Waals surface area contributed by atoms with E-state index in [0.29, 0.717) is 0 Å². The Hall–Kier alpha value is -2.87. The molecule has 1 atom stereocenters. The van der Waals surface area contributed by atoms with Crippen LogP contribution in [0.4, 0.5) is 0 Å². The van der Waals surface area contributed by atoms with E-state index in [-0.39, 0.29) is 0 Å². The van der Waals surface area contributed by atoms with Crippen molar-refractivity contribution in [1.29, 1.82) is 0 Å². The predicted octanol–water partition coefficient (Wildman–Crippen LogP) is -9.40. The van der Waals surface area contributed by atoms with E-state index >= 15 is 0 Å². The molecule has 1 aromatic carbocycles. The van der Waals surface area contributed by atoms with Crippen LogP contribution in [0.15, 0.2) is 0 Å². The van der Waals surface area contributed by atoms with Crippen LogP contribution in [0.25, 0.3) is 0 Å². The fraction of sp³-hybridized carbons (Fsp3) is 0.562. The number of amides is 1. The molecular formula is C16H21NO20. The smallest absolute Gasteiger partial charge is 0.453 e. The zero-order valence-electron chi connectivity index (χ0n) is 17.6. The molecule has 2 fully saturated rings. The van der Waals surface area contributed by atoms with Crippen molar-refractivity contribution in [2.24, 2.45) is 0 Å². The van der Waals surface area contributed by atoms with Crippen molar-refractivity contribution < 1.29 is 101 Å². The second kappa shape index (κ2) is 7.59. The van der Waals surface area contributed by atoms with Crippen LogP contribution in [0, 0.1) is 0 Å². The van der Waals surface area contributed by atoms with Gasteiger partial charge >= 0.3 is 6.16 Å². The molecule has 18 N–H and O–H groups in total. The first-order valence-electron chi connectivity index (χ1n) is 9.39. The van der Waals surface area contributed by atoms with E-state index in [2.05, 4.69) is 9.47 Å². The van der Waals surface area contributed by atoms with Crippen LogP contribution in [0.5, 0.6) is 28.7 Å². The zero-order valence-corrected chi connectivity index (χ0v) is 17.6. The number of carbonyl (C=O) groups excluding carboxylic acids is 1. The molecule has 1 aliphatic carbocycles. The summed E-state index contributed by atoms with van der Waals surface area (Å²) in [7, 11) is 0. The van der Waals surface area contributed by atoms with Gasteiger partial charge in [0.25, 0.3) is 29.1 Å². The molecule has 0 bridgehead atoms. The average Bonchev–Trinajstić information content (AvgIpc) is 2.93. The average molecular weight is 547 g/mol. The van der Waals surface area contributed by atoms with Gasteiger partial charge in [-0.3, -0.25) is 4.79 Å². The maximum Gasteiger partial charge on any atom is 0.453 e. The van der Waals surface area contributed by atoms with Gasteiger partial charge in [0.2, 0.25) is 29.3 Å². The minimum Gasteiger partial charge on any atom is -0.504 e. The van der Waals surface area contributed by atoms with Crippen molar-refractivity contribution in [2.75, 3.05) is 0 Å². The molecule has 3 rings (SSSR count). The first-order valence-corrected chi connectivity index (χ1v) is 9.39. The number of hydrogen-bond donors (Lipinski definition) is 18. The monoisotopic (exact) mass is 547 g/mol. The summed E-state index contributed by atoms with van der Waals surface area (Å²) in [6.07, 6.45) is -9.41. The van der Waals surface area contributed by atoms with Crippen LogP contribution in [0.2, 0.25) is 0 Å². The maximum atomic E-state index is 11.7. The summed E-state index contributed by atoms with van der Waals surface area (Å²) in [5.74, 6) is -33.4. The van der Waals surface area contributed by atoms with Gasteiger partial charge in [0.1, 0.15) is 0 Å². The SMILES string of the molecule is O=C1CC(O)(c2c(O)c(O)c(OC(O)(O)O)c(OC3C(O)(O)C(O)(O)C(O)(O)C3(O)O)c2O)C(O)(O)N1. The molecule has 1 heterocycles. The summed E-state index contributed by atoms with van der Waals surface area (Å²) in [5, 5.41) is 170. The van der Waals surface area contributed by atoms with E-state index in [9.17, 15) is 76.3 Å². The number of aromatic hydroxyl groups is 3. The van der Waals surface area contributed by atoms with Crippen molar-refractivity contribution in [1.82, 2.24) is 5.32 Å². The lowest BCUT2D eigenvalue weighted by Gasteiger charge is -2.35. The molecule has 1 saturated heterocycles. The molecule has 1 aliphatic heterocycles. The van der Waals surface area contributed by atoms with E-state index in [1.807, 2.05) is 0 Å². The minimum atomic E-state index is -4.72. The molecule has 0 radical (unpaired) electrons. The Morgan fingerprint density at radius 1 is 0.730 bits per heavy atom. The Morgan fingerprint density at radius 2 is 1.19 bits per heavy atom. The molecule has 21 nitrogen and oxygen atoms in total. The number of benzene rings is 1. The van der Waals surface area contributed by atoms with Gasteiger partial charge in [-0.15, -0.1) is 0 Å². The first-order chi connectivity index (χ1) is 16.3. The molecule has 0 aromatic heterocycles. The summed E-state index contributed by atoms with van der Waals surface area (Å²) < 4.78 is 8.57. The number of aliphatic hydroxyl groups is 14. The van der Waals surface area contributed by atoms with Gasteiger partial charge in [0.05, 0.1) is 12.0 Å². The van der Waals surface area contributed by atoms with Gasteiger partial charge in [-0.25, -0.2) is 0 Å². The summed E-state index contributed by atoms with van der Waals surface area (Å²) in [6.45, 7) is 0. The molecule has 21 heteroatoms. The van der Waals surface area contributed by atoms with Crippen LogP contribution in [0.3, 0.4) is 0 Å². The van der Waals surface area contributed by atoms with Crippen LogP contribution in [-0.2, 0) is 10.4 Å². The molecule has 1 saturated carbocycles. The van der Waals surface area contributed by atoms with Gasteiger partial charge < -0.3 is 102 Å². The lowest BCUT2D eigenvalue weighted by atomic mass is 9.87. The number of phenolic OH excluding ortho intramolecular Hbond substituents is 3. The third kappa shape index (κ3) is 3.62. The highest BCUT2D eigenvalue weighted by Gasteiger charge is 2.85. The standard InChI is InChI=1S/C16H21NO20/c18-2-1-10(22,15(31,32)17-2)3-4(19)6(21)8(37-16(33,34)35)7(5(3)20)36-9-11(23,24)13(27,28)14(29,30)12(9,25)26/h9,19-35H,1H2,(H,17,18). The zero-order chi connectivity index (χ0) is 28.9. The highest BCUT2D eigenvalue weighted by molar-refractivity contribution is 5.83. The van der Waals surface area contributed by atoms with E-state index < -0.39 is 93.6 Å². The highest BCUT2D eigenvalue weighted by atomic mass is 16.9.